The van der Waals surface area contributed by atoms with Gasteiger partial charge in [-0.1, -0.05) is 12.1 Å². The largest absolute Gasteiger partial charge is 0.382 e. The number of piperidine rings is 1. The van der Waals surface area contributed by atoms with Crippen LogP contribution in [0.4, 0.5) is 17.1 Å². The summed E-state index contributed by atoms with van der Waals surface area (Å²) in [5.41, 5.74) is 4.21. The standard InChI is InChI=1S/C21H22N4O2/c1-15-4-2-5-17(14-15)23-16-9-12-24(13-10-16)20-8-7-19(25(26)27)18-6-3-11-22-21(18)20/h2-8,11,14,16,23H,9-10,12-13H2,1H3. The van der Waals surface area contributed by atoms with Gasteiger partial charge in [-0.15, -0.1) is 0 Å². The number of anilines is 2. The fourth-order valence-corrected chi connectivity index (χ4v) is 3.79. The highest BCUT2D eigenvalue weighted by molar-refractivity contribution is 5.97. The molecule has 0 aliphatic carbocycles. The molecule has 0 radical (unpaired) electrons. The number of fused-ring (bicyclic) bond motifs is 1. The van der Waals surface area contributed by atoms with Crippen molar-refractivity contribution in [3.63, 3.8) is 0 Å². The number of nitrogens with one attached hydrogen (secondary N) is 1. The zero-order valence-electron chi connectivity index (χ0n) is 15.3. The number of hydrogen-bond acceptors (Lipinski definition) is 5. The molecule has 138 valence electrons. The highest BCUT2D eigenvalue weighted by Gasteiger charge is 2.23. The summed E-state index contributed by atoms with van der Waals surface area (Å²) in [7, 11) is 0. The number of pyridine rings is 1. The van der Waals surface area contributed by atoms with Crippen LogP contribution < -0.4 is 10.2 Å². The third kappa shape index (κ3) is 3.56. The Bertz CT molecular complexity index is 981. The second-order valence-corrected chi connectivity index (χ2v) is 7.04. The molecule has 0 saturated carbocycles. The Morgan fingerprint density at radius 3 is 2.70 bits per heavy atom. The number of aryl methyl sites for hydroxylation is 1. The van der Waals surface area contributed by atoms with Crippen molar-refractivity contribution in [3.8, 4) is 0 Å². The van der Waals surface area contributed by atoms with Crippen LogP contribution in [0.15, 0.2) is 54.7 Å². The molecular weight excluding hydrogens is 340 g/mol. The maximum Gasteiger partial charge on any atom is 0.278 e. The van der Waals surface area contributed by atoms with Gasteiger partial charge >= 0.3 is 0 Å². The van der Waals surface area contributed by atoms with Crippen LogP contribution >= 0.6 is 0 Å². The molecule has 27 heavy (non-hydrogen) atoms. The first-order valence-electron chi connectivity index (χ1n) is 9.22. The fraction of sp³-hybridized carbons (Fsp3) is 0.286. The Hall–Kier alpha value is -3.15. The Kier molecular flexibility index (Phi) is 4.62. The smallest absolute Gasteiger partial charge is 0.278 e. The summed E-state index contributed by atoms with van der Waals surface area (Å²) in [6.45, 7) is 3.89. The summed E-state index contributed by atoms with van der Waals surface area (Å²) in [5.74, 6) is 0. The van der Waals surface area contributed by atoms with Gasteiger partial charge in [0.05, 0.1) is 16.0 Å². The molecule has 6 heteroatoms. The van der Waals surface area contributed by atoms with E-state index in [9.17, 15) is 10.1 Å². The van der Waals surface area contributed by atoms with E-state index in [0.29, 0.717) is 16.9 Å². The lowest BCUT2D eigenvalue weighted by Crippen LogP contribution is -2.39. The minimum Gasteiger partial charge on any atom is -0.382 e. The van der Waals surface area contributed by atoms with Crippen molar-refractivity contribution in [1.29, 1.82) is 0 Å². The molecule has 6 nitrogen and oxygen atoms in total. The molecule has 1 aliphatic rings. The maximum absolute atomic E-state index is 11.3. The quantitative estimate of drug-likeness (QED) is 0.545. The van der Waals surface area contributed by atoms with Gasteiger partial charge < -0.3 is 10.2 Å². The van der Waals surface area contributed by atoms with Crippen LogP contribution in [0.25, 0.3) is 10.9 Å². The van der Waals surface area contributed by atoms with Gasteiger partial charge in [0.25, 0.3) is 5.69 Å². The van der Waals surface area contributed by atoms with Gasteiger partial charge in [-0.05, 0) is 55.7 Å². The molecule has 1 aromatic heterocycles. The number of nitro groups is 1. The molecule has 1 fully saturated rings. The van der Waals surface area contributed by atoms with Crippen LogP contribution in [-0.4, -0.2) is 29.0 Å². The molecule has 0 spiro atoms. The minimum atomic E-state index is -0.341. The van der Waals surface area contributed by atoms with Gasteiger partial charge in [0.2, 0.25) is 0 Å². The van der Waals surface area contributed by atoms with Crippen molar-refractivity contribution in [2.45, 2.75) is 25.8 Å². The molecule has 1 aliphatic heterocycles. The van der Waals surface area contributed by atoms with Gasteiger partial charge in [-0.2, -0.15) is 0 Å². The average molecular weight is 362 g/mol. The zero-order valence-corrected chi connectivity index (χ0v) is 15.3. The molecule has 0 bridgehead atoms. The number of nitro benzene ring substituents is 1. The summed E-state index contributed by atoms with van der Waals surface area (Å²) in [6, 6.07) is 15.8. The third-order valence-electron chi connectivity index (χ3n) is 5.15. The number of hydrogen-bond donors (Lipinski definition) is 1. The lowest BCUT2D eigenvalue weighted by Gasteiger charge is -2.34. The number of rotatable bonds is 4. The predicted octanol–water partition coefficient (Wildman–Crippen LogP) is 4.53. The van der Waals surface area contributed by atoms with Gasteiger partial charge in [-0.25, -0.2) is 0 Å². The lowest BCUT2D eigenvalue weighted by molar-refractivity contribution is -0.383. The molecule has 0 amide bonds. The van der Waals surface area contributed by atoms with E-state index in [4.69, 9.17) is 0 Å². The summed E-state index contributed by atoms with van der Waals surface area (Å²) in [6.07, 6.45) is 3.72. The fourth-order valence-electron chi connectivity index (χ4n) is 3.79. The Labute approximate surface area is 158 Å². The van der Waals surface area contributed by atoms with Crippen LogP contribution in [0.1, 0.15) is 18.4 Å². The predicted molar refractivity (Wildman–Crippen MR) is 108 cm³/mol. The molecule has 0 atom stereocenters. The second-order valence-electron chi connectivity index (χ2n) is 7.04. The van der Waals surface area contributed by atoms with Crippen molar-refractivity contribution in [3.05, 3.63) is 70.4 Å². The topological polar surface area (TPSA) is 71.3 Å². The van der Waals surface area contributed by atoms with Crippen LogP contribution in [0.3, 0.4) is 0 Å². The van der Waals surface area contributed by atoms with E-state index in [0.717, 1.165) is 37.3 Å². The first-order valence-corrected chi connectivity index (χ1v) is 9.22. The molecular formula is C21H22N4O2. The summed E-state index contributed by atoms with van der Waals surface area (Å²) in [5, 5.41) is 15.5. The summed E-state index contributed by atoms with van der Waals surface area (Å²) < 4.78 is 0. The van der Waals surface area contributed by atoms with E-state index in [-0.39, 0.29) is 10.6 Å². The average Bonchev–Trinajstić information content (AvgIpc) is 2.68. The number of aromatic nitrogens is 1. The van der Waals surface area contributed by atoms with E-state index >= 15 is 0 Å². The molecule has 1 N–H and O–H groups in total. The molecule has 0 unspecified atom stereocenters. The number of nitrogens with zero attached hydrogens (tertiary/aromatic N) is 3. The molecule has 4 rings (SSSR count). The van der Waals surface area contributed by atoms with Gasteiger partial charge in [0.15, 0.2) is 0 Å². The van der Waals surface area contributed by atoms with Crippen molar-refractivity contribution in [1.82, 2.24) is 4.98 Å². The molecule has 2 aromatic carbocycles. The van der Waals surface area contributed by atoms with E-state index in [1.54, 1.807) is 24.4 Å². The Morgan fingerprint density at radius 1 is 1.15 bits per heavy atom. The van der Waals surface area contributed by atoms with Gasteiger partial charge in [0.1, 0.15) is 5.52 Å². The molecule has 2 heterocycles. The van der Waals surface area contributed by atoms with Gasteiger partial charge in [0, 0.05) is 37.1 Å². The highest BCUT2D eigenvalue weighted by Crippen LogP contribution is 2.33. The monoisotopic (exact) mass is 362 g/mol. The number of non-ortho nitro benzene ring substituents is 1. The summed E-state index contributed by atoms with van der Waals surface area (Å²) >= 11 is 0. The molecule has 3 aromatic rings. The lowest BCUT2D eigenvalue weighted by atomic mass is 10.0. The van der Waals surface area contributed by atoms with Gasteiger partial charge in [-0.3, -0.25) is 15.1 Å². The first-order chi connectivity index (χ1) is 13.1. The SMILES string of the molecule is Cc1cccc(NC2CCN(c3ccc([N+](=O)[O-])c4cccnc34)CC2)c1. The van der Waals surface area contributed by atoms with Crippen molar-refractivity contribution < 1.29 is 4.92 Å². The summed E-state index contributed by atoms with van der Waals surface area (Å²) in [4.78, 5) is 17.7. The van der Waals surface area contributed by atoms with E-state index in [2.05, 4.69) is 46.4 Å². The van der Waals surface area contributed by atoms with E-state index in [1.807, 2.05) is 6.07 Å². The molecule has 1 saturated heterocycles. The van der Waals surface area contributed by atoms with E-state index < -0.39 is 0 Å². The maximum atomic E-state index is 11.3. The Morgan fingerprint density at radius 2 is 1.96 bits per heavy atom. The van der Waals surface area contributed by atoms with E-state index in [1.165, 1.54) is 5.56 Å². The third-order valence-corrected chi connectivity index (χ3v) is 5.15. The number of benzene rings is 2. The van der Waals surface area contributed by atoms with Crippen molar-refractivity contribution >= 4 is 28.0 Å². The van der Waals surface area contributed by atoms with Crippen LogP contribution in [0, 0.1) is 17.0 Å². The Balaban J connectivity index is 1.51. The zero-order chi connectivity index (χ0) is 18.8. The van der Waals surface area contributed by atoms with Crippen LogP contribution in [-0.2, 0) is 0 Å². The minimum absolute atomic E-state index is 0.109. The normalized spacial score (nSPS) is 15.1. The van der Waals surface area contributed by atoms with Crippen LogP contribution in [0.2, 0.25) is 0 Å². The van der Waals surface area contributed by atoms with Crippen molar-refractivity contribution in [2.24, 2.45) is 0 Å². The van der Waals surface area contributed by atoms with Crippen molar-refractivity contribution in [2.75, 3.05) is 23.3 Å². The highest BCUT2D eigenvalue weighted by atomic mass is 16.6. The second kappa shape index (κ2) is 7.23. The van der Waals surface area contributed by atoms with Crippen LogP contribution in [0.5, 0.6) is 0 Å². The first kappa shape index (κ1) is 17.3.